The summed E-state index contributed by atoms with van der Waals surface area (Å²) in [7, 11) is 1.62. The first-order valence-corrected chi connectivity index (χ1v) is 9.38. The van der Waals surface area contributed by atoms with E-state index in [1.165, 1.54) is 0 Å². The minimum atomic E-state index is -0.566. The highest BCUT2D eigenvalue weighted by Gasteiger charge is 2.37. The van der Waals surface area contributed by atoms with Crippen LogP contribution in [0.25, 0.3) is 11.5 Å². The molecule has 1 aliphatic rings. The predicted molar refractivity (Wildman–Crippen MR) is 103 cm³/mol. The number of carbonyl (C=O) groups is 2. The third-order valence-corrected chi connectivity index (χ3v) is 4.76. The van der Waals surface area contributed by atoms with Crippen molar-refractivity contribution in [3.8, 4) is 11.5 Å². The number of nitrogens with one attached hydrogen (secondary N) is 1. The molecule has 0 saturated carbocycles. The zero-order valence-electron chi connectivity index (χ0n) is 16.5. The zero-order valence-corrected chi connectivity index (χ0v) is 16.5. The fraction of sp³-hybridized carbons (Fsp3) is 0.500. The topological polar surface area (TPSA) is 97.6 Å². The monoisotopic (exact) mass is 386 g/mol. The van der Waals surface area contributed by atoms with Crippen LogP contribution < -0.4 is 5.32 Å². The molecule has 28 heavy (non-hydrogen) atoms. The van der Waals surface area contributed by atoms with Crippen LogP contribution in [0.5, 0.6) is 0 Å². The third kappa shape index (κ3) is 4.63. The van der Waals surface area contributed by atoms with Crippen LogP contribution >= 0.6 is 0 Å². The summed E-state index contributed by atoms with van der Waals surface area (Å²) in [5.74, 6) is -0.196. The molecule has 1 aromatic carbocycles. The number of carbonyl (C=O) groups excluding carboxylic acids is 2. The van der Waals surface area contributed by atoms with Gasteiger partial charge in [-0.25, -0.2) is 0 Å². The van der Waals surface area contributed by atoms with Gasteiger partial charge in [0.1, 0.15) is 6.04 Å². The van der Waals surface area contributed by atoms with Crippen molar-refractivity contribution in [2.24, 2.45) is 0 Å². The van der Waals surface area contributed by atoms with Crippen molar-refractivity contribution in [1.82, 2.24) is 20.4 Å². The van der Waals surface area contributed by atoms with Gasteiger partial charge in [-0.05, 0) is 38.8 Å². The Morgan fingerprint density at radius 1 is 1.29 bits per heavy atom. The first kappa shape index (κ1) is 20.2. The highest BCUT2D eigenvalue weighted by atomic mass is 16.5. The van der Waals surface area contributed by atoms with Crippen LogP contribution in [0.15, 0.2) is 34.7 Å². The Bertz CT molecular complexity index is 819. The van der Waals surface area contributed by atoms with Crippen LogP contribution in [0, 0.1) is 0 Å². The van der Waals surface area contributed by atoms with Crippen LogP contribution in [0.4, 0.5) is 0 Å². The molecule has 0 aliphatic carbocycles. The second-order valence-corrected chi connectivity index (χ2v) is 7.56. The highest BCUT2D eigenvalue weighted by Crippen LogP contribution is 2.23. The van der Waals surface area contributed by atoms with Gasteiger partial charge >= 0.3 is 0 Å². The third-order valence-electron chi connectivity index (χ3n) is 4.76. The van der Waals surface area contributed by atoms with E-state index in [2.05, 4.69) is 15.5 Å². The van der Waals surface area contributed by atoms with E-state index in [4.69, 9.17) is 9.15 Å². The van der Waals surface area contributed by atoms with Crippen LogP contribution in [0.1, 0.15) is 37.4 Å². The van der Waals surface area contributed by atoms with E-state index in [9.17, 15) is 9.59 Å². The molecule has 1 N–H and O–H groups in total. The maximum absolute atomic E-state index is 12.9. The average Bonchev–Trinajstić information content (AvgIpc) is 3.36. The Balaban J connectivity index is 1.66. The SMILES string of the molecule is COCC(C)(C)NCC(=O)N1CCCC1C(=O)c1nnc(-c2ccccc2)o1. The Morgan fingerprint density at radius 2 is 2.04 bits per heavy atom. The highest BCUT2D eigenvalue weighted by molar-refractivity contribution is 5.99. The molecule has 2 aromatic rings. The molecule has 8 heteroatoms. The number of Topliss-reactive ketones (excluding diaryl/α,β-unsaturated/α-hetero) is 1. The van der Waals surface area contributed by atoms with E-state index >= 15 is 0 Å². The fourth-order valence-electron chi connectivity index (χ4n) is 3.33. The molecule has 1 atom stereocenters. The summed E-state index contributed by atoms with van der Waals surface area (Å²) in [6, 6.07) is 8.70. The number of ether oxygens (including phenoxy) is 1. The zero-order chi connectivity index (χ0) is 20.1. The summed E-state index contributed by atoms with van der Waals surface area (Å²) in [4.78, 5) is 27.2. The number of benzene rings is 1. The van der Waals surface area contributed by atoms with Gasteiger partial charge in [0.25, 0.3) is 5.89 Å². The molecular weight excluding hydrogens is 360 g/mol. The number of rotatable bonds is 8. The van der Waals surface area contributed by atoms with E-state index in [-0.39, 0.29) is 29.7 Å². The van der Waals surface area contributed by atoms with E-state index in [1.807, 2.05) is 44.2 Å². The summed E-state index contributed by atoms with van der Waals surface area (Å²) < 4.78 is 10.7. The smallest absolute Gasteiger partial charge is 0.286 e. The Labute approximate surface area is 164 Å². The van der Waals surface area contributed by atoms with Crippen molar-refractivity contribution in [3.05, 3.63) is 36.2 Å². The molecule has 1 saturated heterocycles. The first-order chi connectivity index (χ1) is 13.4. The molecule has 0 spiro atoms. The fourth-order valence-corrected chi connectivity index (χ4v) is 3.33. The van der Waals surface area contributed by atoms with Crippen LogP contribution in [0.2, 0.25) is 0 Å². The van der Waals surface area contributed by atoms with E-state index in [0.29, 0.717) is 25.5 Å². The lowest BCUT2D eigenvalue weighted by atomic mass is 10.1. The van der Waals surface area contributed by atoms with Gasteiger partial charge in [-0.2, -0.15) is 0 Å². The second kappa shape index (κ2) is 8.62. The van der Waals surface area contributed by atoms with Crippen LogP contribution in [-0.2, 0) is 9.53 Å². The average molecular weight is 386 g/mol. The molecule has 1 fully saturated rings. The molecule has 0 bridgehead atoms. The largest absolute Gasteiger partial charge is 0.414 e. The van der Waals surface area contributed by atoms with E-state index < -0.39 is 6.04 Å². The van der Waals surface area contributed by atoms with Crippen molar-refractivity contribution < 1.29 is 18.7 Å². The molecule has 3 rings (SSSR count). The molecule has 0 radical (unpaired) electrons. The molecule has 1 amide bonds. The summed E-state index contributed by atoms with van der Waals surface area (Å²) in [6.45, 7) is 5.08. The first-order valence-electron chi connectivity index (χ1n) is 9.38. The van der Waals surface area contributed by atoms with Gasteiger partial charge in [0.2, 0.25) is 17.6 Å². The number of hydrogen-bond donors (Lipinski definition) is 1. The lowest BCUT2D eigenvalue weighted by molar-refractivity contribution is -0.130. The van der Waals surface area contributed by atoms with E-state index in [0.717, 1.165) is 12.0 Å². The van der Waals surface area contributed by atoms with Crippen molar-refractivity contribution in [1.29, 1.82) is 0 Å². The number of aromatic nitrogens is 2. The van der Waals surface area contributed by atoms with Gasteiger partial charge < -0.3 is 19.4 Å². The summed E-state index contributed by atoms with van der Waals surface area (Å²) in [5.41, 5.74) is 0.416. The molecule has 2 heterocycles. The molecule has 1 unspecified atom stereocenters. The van der Waals surface area contributed by atoms with Crippen molar-refractivity contribution in [2.75, 3.05) is 26.8 Å². The maximum atomic E-state index is 12.9. The predicted octanol–water partition coefficient (Wildman–Crippen LogP) is 1.92. The lowest BCUT2D eigenvalue weighted by Gasteiger charge is -2.28. The van der Waals surface area contributed by atoms with Gasteiger partial charge in [0.15, 0.2) is 0 Å². The van der Waals surface area contributed by atoms with Gasteiger partial charge in [-0.15, -0.1) is 10.2 Å². The minimum absolute atomic E-state index is 0.0591. The van der Waals surface area contributed by atoms with Gasteiger partial charge in [-0.3, -0.25) is 9.59 Å². The lowest BCUT2D eigenvalue weighted by Crippen LogP contribution is -2.50. The minimum Gasteiger partial charge on any atom is -0.414 e. The summed E-state index contributed by atoms with van der Waals surface area (Å²) in [5, 5.41) is 11.1. The van der Waals surface area contributed by atoms with E-state index in [1.54, 1.807) is 12.0 Å². The van der Waals surface area contributed by atoms with Gasteiger partial charge in [-0.1, -0.05) is 18.2 Å². The molecule has 8 nitrogen and oxygen atoms in total. The standard InChI is InChI=1S/C20H26N4O4/c1-20(2,13-27-3)21-12-16(25)24-11-7-10-15(24)17(26)19-23-22-18(28-19)14-8-5-4-6-9-14/h4-6,8-9,15,21H,7,10-13H2,1-3H3. The maximum Gasteiger partial charge on any atom is 0.286 e. The van der Waals surface area contributed by atoms with Crippen LogP contribution in [0.3, 0.4) is 0 Å². The molecule has 150 valence electrons. The Hall–Kier alpha value is -2.58. The quantitative estimate of drug-likeness (QED) is 0.692. The number of likely N-dealkylation sites (tertiary alicyclic amines) is 1. The summed E-state index contributed by atoms with van der Waals surface area (Å²) >= 11 is 0. The molecular formula is C20H26N4O4. The Morgan fingerprint density at radius 3 is 2.75 bits per heavy atom. The normalized spacial score (nSPS) is 17.1. The number of nitrogens with zero attached hydrogens (tertiary/aromatic N) is 3. The number of amides is 1. The number of hydrogen-bond acceptors (Lipinski definition) is 7. The van der Waals surface area contributed by atoms with Crippen LogP contribution in [-0.4, -0.2) is 65.2 Å². The van der Waals surface area contributed by atoms with Crippen molar-refractivity contribution >= 4 is 11.7 Å². The van der Waals surface area contributed by atoms with Gasteiger partial charge in [0.05, 0.1) is 13.2 Å². The molecule has 1 aliphatic heterocycles. The Kier molecular flexibility index (Phi) is 6.21. The number of ketones is 1. The van der Waals surface area contributed by atoms with Gasteiger partial charge in [0, 0.05) is 24.8 Å². The summed E-state index contributed by atoms with van der Waals surface area (Å²) in [6.07, 6.45) is 1.36. The second-order valence-electron chi connectivity index (χ2n) is 7.56. The van der Waals surface area contributed by atoms with Crippen molar-refractivity contribution in [3.63, 3.8) is 0 Å². The number of methoxy groups -OCH3 is 1. The molecule has 1 aromatic heterocycles. The van der Waals surface area contributed by atoms with Crippen molar-refractivity contribution in [2.45, 2.75) is 38.3 Å².